The molecule has 6 heteroatoms. The lowest BCUT2D eigenvalue weighted by Crippen LogP contribution is -2.34. The van der Waals surface area contributed by atoms with Crippen LogP contribution >= 0.6 is 0 Å². The Kier molecular flexibility index (Phi) is 5.54. The van der Waals surface area contributed by atoms with Crippen LogP contribution in [-0.2, 0) is 6.42 Å². The summed E-state index contributed by atoms with van der Waals surface area (Å²) in [4.78, 5) is 13.3. The van der Waals surface area contributed by atoms with E-state index in [1.165, 1.54) is 17.7 Å². The minimum Gasteiger partial charge on any atom is -0.278 e. The average molecular weight is 385 g/mol. The number of nitrogens with two attached hydrogens (primary N) is 1. The van der Waals surface area contributed by atoms with Crippen LogP contribution in [0.5, 0.6) is 0 Å². The number of hydrogen-bond donors (Lipinski definition) is 1. The molecule has 4 rings (SSSR count). The number of pyridine rings is 1. The predicted octanol–water partition coefficient (Wildman–Crippen LogP) is 4.27. The van der Waals surface area contributed by atoms with Crippen molar-refractivity contribution in [2.45, 2.75) is 6.42 Å². The van der Waals surface area contributed by atoms with Gasteiger partial charge in [-0.1, -0.05) is 42.5 Å². The zero-order valence-corrected chi connectivity index (χ0v) is 15.7. The Morgan fingerprint density at radius 2 is 1.59 bits per heavy atom. The largest absolute Gasteiger partial charge is 0.278 e. The van der Waals surface area contributed by atoms with Crippen molar-refractivity contribution >= 4 is 5.95 Å². The van der Waals surface area contributed by atoms with Gasteiger partial charge >= 0.3 is 0 Å². The van der Waals surface area contributed by atoms with E-state index in [1.807, 2.05) is 30.3 Å². The van der Waals surface area contributed by atoms with Gasteiger partial charge in [0.2, 0.25) is 5.95 Å². The number of benzene rings is 2. The molecule has 0 saturated carbocycles. The van der Waals surface area contributed by atoms with E-state index in [0.29, 0.717) is 12.5 Å². The van der Waals surface area contributed by atoms with Gasteiger partial charge in [0.05, 0.1) is 5.69 Å². The monoisotopic (exact) mass is 385 g/mol. The molecule has 2 aromatic heterocycles. The van der Waals surface area contributed by atoms with Crippen LogP contribution in [0.15, 0.2) is 85.3 Å². The van der Waals surface area contributed by atoms with Crippen molar-refractivity contribution in [1.29, 1.82) is 0 Å². The van der Waals surface area contributed by atoms with Gasteiger partial charge in [0.1, 0.15) is 5.82 Å². The molecule has 2 aromatic carbocycles. The molecule has 0 aliphatic heterocycles. The maximum absolute atomic E-state index is 13.4. The zero-order valence-electron chi connectivity index (χ0n) is 15.7. The third-order valence-electron chi connectivity index (χ3n) is 4.63. The summed E-state index contributed by atoms with van der Waals surface area (Å²) in [5, 5.41) is 1.55. The molecule has 0 unspecified atom stereocenters. The fraction of sp³-hybridized carbons (Fsp3) is 0.0870. The van der Waals surface area contributed by atoms with Gasteiger partial charge in [-0.3, -0.25) is 9.99 Å². The van der Waals surface area contributed by atoms with E-state index >= 15 is 0 Å². The van der Waals surface area contributed by atoms with E-state index in [2.05, 4.69) is 22.1 Å². The van der Waals surface area contributed by atoms with Gasteiger partial charge in [-0.25, -0.2) is 20.2 Å². The maximum atomic E-state index is 13.4. The van der Waals surface area contributed by atoms with Crippen LogP contribution in [0, 0.1) is 5.82 Å². The molecule has 0 saturated heterocycles. The fourth-order valence-corrected chi connectivity index (χ4v) is 3.08. The number of nitrogens with zero attached hydrogens (tertiary/aromatic N) is 4. The number of aromatic nitrogens is 3. The first-order valence-corrected chi connectivity index (χ1v) is 9.30. The Labute approximate surface area is 168 Å². The van der Waals surface area contributed by atoms with Crippen LogP contribution in [0.4, 0.5) is 10.3 Å². The number of rotatable bonds is 6. The maximum Gasteiger partial charge on any atom is 0.240 e. The van der Waals surface area contributed by atoms with Gasteiger partial charge in [-0.15, -0.1) is 0 Å². The van der Waals surface area contributed by atoms with Crippen LogP contribution in [0.1, 0.15) is 5.56 Å². The lowest BCUT2D eigenvalue weighted by Gasteiger charge is -2.18. The lowest BCUT2D eigenvalue weighted by atomic mass is 10.0. The summed E-state index contributed by atoms with van der Waals surface area (Å²) < 4.78 is 13.4. The molecule has 0 fully saturated rings. The Hall–Kier alpha value is -3.64. The summed E-state index contributed by atoms with van der Waals surface area (Å²) >= 11 is 0. The first-order chi connectivity index (χ1) is 14.2. The molecule has 0 radical (unpaired) electrons. The van der Waals surface area contributed by atoms with Crippen molar-refractivity contribution in [3.8, 4) is 22.4 Å². The van der Waals surface area contributed by atoms with E-state index in [0.717, 1.165) is 28.8 Å². The topological polar surface area (TPSA) is 67.9 Å². The van der Waals surface area contributed by atoms with Gasteiger partial charge in [-0.2, -0.15) is 0 Å². The van der Waals surface area contributed by atoms with Crippen molar-refractivity contribution in [3.63, 3.8) is 0 Å². The second-order valence-corrected chi connectivity index (χ2v) is 6.60. The van der Waals surface area contributed by atoms with Crippen molar-refractivity contribution in [1.82, 2.24) is 15.0 Å². The quantitative estimate of drug-likeness (QED) is 0.397. The Morgan fingerprint density at radius 3 is 2.31 bits per heavy atom. The van der Waals surface area contributed by atoms with Crippen LogP contribution in [0.25, 0.3) is 22.4 Å². The summed E-state index contributed by atoms with van der Waals surface area (Å²) in [6.07, 6.45) is 5.93. The molecular formula is C23H20FN5. The molecule has 4 aromatic rings. The minimum absolute atomic E-state index is 0.286. The molecule has 2 heterocycles. The van der Waals surface area contributed by atoms with E-state index in [9.17, 15) is 4.39 Å². The van der Waals surface area contributed by atoms with Crippen molar-refractivity contribution in [3.05, 3.63) is 96.7 Å². The fourth-order valence-electron chi connectivity index (χ4n) is 3.08. The third kappa shape index (κ3) is 4.44. The number of anilines is 1. The van der Waals surface area contributed by atoms with Crippen LogP contribution in [0.3, 0.4) is 0 Å². The molecule has 0 bridgehead atoms. The van der Waals surface area contributed by atoms with Crippen molar-refractivity contribution < 1.29 is 4.39 Å². The van der Waals surface area contributed by atoms with Gasteiger partial charge in [-0.05, 0) is 41.8 Å². The second kappa shape index (κ2) is 8.58. The molecule has 0 amide bonds. The smallest absolute Gasteiger partial charge is 0.240 e. The molecule has 29 heavy (non-hydrogen) atoms. The molecule has 2 N–H and O–H groups in total. The summed E-state index contributed by atoms with van der Waals surface area (Å²) in [5.74, 6) is 6.39. The van der Waals surface area contributed by atoms with E-state index in [4.69, 9.17) is 10.8 Å². The summed E-state index contributed by atoms with van der Waals surface area (Å²) in [6, 6.07) is 20.2. The van der Waals surface area contributed by atoms with Crippen molar-refractivity contribution in [2.75, 3.05) is 11.6 Å². The Morgan fingerprint density at radius 1 is 0.862 bits per heavy atom. The highest BCUT2D eigenvalue weighted by Gasteiger charge is 2.14. The van der Waals surface area contributed by atoms with E-state index in [1.54, 1.807) is 35.7 Å². The first-order valence-electron chi connectivity index (χ1n) is 9.30. The average Bonchev–Trinajstić information content (AvgIpc) is 2.79. The molecule has 0 atom stereocenters. The van der Waals surface area contributed by atoms with E-state index in [-0.39, 0.29) is 5.82 Å². The highest BCUT2D eigenvalue weighted by molar-refractivity contribution is 5.80. The molecule has 5 nitrogen and oxygen atoms in total. The highest BCUT2D eigenvalue weighted by atomic mass is 19.1. The van der Waals surface area contributed by atoms with Crippen molar-refractivity contribution in [2.24, 2.45) is 5.84 Å². The second-order valence-electron chi connectivity index (χ2n) is 6.60. The number of halogens is 1. The van der Waals surface area contributed by atoms with Gasteiger partial charge in [0.25, 0.3) is 0 Å². The van der Waals surface area contributed by atoms with Crippen LogP contribution < -0.4 is 10.9 Å². The summed E-state index contributed by atoms with van der Waals surface area (Å²) in [5.41, 5.74) is 4.44. The Balaban J connectivity index is 1.67. The summed E-state index contributed by atoms with van der Waals surface area (Å²) in [6.45, 7) is 0.579. The van der Waals surface area contributed by atoms with Gasteiger partial charge in [0, 0.05) is 36.3 Å². The highest BCUT2D eigenvalue weighted by Crippen LogP contribution is 2.31. The Bertz CT molecular complexity index is 1070. The van der Waals surface area contributed by atoms with E-state index < -0.39 is 0 Å². The normalized spacial score (nSPS) is 10.7. The first kappa shape index (κ1) is 18.7. The lowest BCUT2D eigenvalue weighted by molar-refractivity contribution is 0.628. The minimum atomic E-state index is -0.286. The van der Waals surface area contributed by atoms with Gasteiger partial charge in [0.15, 0.2) is 0 Å². The molecule has 0 aliphatic rings. The molecular weight excluding hydrogens is 365 g/mol. The predicted molar refractivity (Wildman–Crippen MR) is 112 cm³/mol. The number of hydrogen-bond acceptors (Lipinski definition) is 5. The van der Waals surface area contributed by atoms with Crippen LogP contribution in [0.2, 0.25) is 0 Å². The third-order valence-corrected chi connectivity index (χ3v) is 4.63. The molecule has 0 spiro atoms. The zero-order chi connectivity index (χ0) is 20.1. The van der Waals surface area contributed by atoms with Gasteiger partial charge < -0.3 is 0 Å². The standard InChI is InChI=1S/C23H20FN5/c24-20-8-6-18(7-9-20)21-16-27-23(28-22(21)19-10-13-26-14-11-19)29(25)15-12-17-4-2-1-3-5-17/h1-11,13-14,16H,12,15,25H2. The molecule has 0 aliphatic carbocycles. The SMILES string of the molecule is NN(CCc1ccccc1)c1ncc(-c2ccc(F)cc2)c(-c2ccncc2)n1. The summed E-state index contributed by atoms with van der Waals surface area (Å²) in [7, 11) is 0. The molecule has 144 valence electrons. The van der Waals surface area contributed by atoms with Crippen LogP contribution in [-0.4, -0.2) is 21.5 Å². The number of hydrazine groups is 1.